The fourth-order valence-corrected chi connectivity index (χ4v) is 1.76. The van der Waals surface area contributed by atoms with Gasteiger partial charge in [0.25, 0.3) is 0 Å². The number of nitrogens with two attached hydrogens (primary N) is 1. The fourth-order valence-electron chi connectivity index (χ4n) is 1.76. The molecule has 0 aliphatic heterocycles. The summed E-state index contributed by atoms with van der Waals surface area (Å²) in [6.07, 6.45) is 0. The third kappa shape index (κ3) is 3.73. The van der Waals surface area contributed by atoms with E-state index in [4.69, 9.17) is 15.2 Å². The predicted molar refractivity (Wildman–Crippen MR) is 76.4 cm³/mol. The Morgan fingerprint density at radius 1 is 0.947 bits per heavy atom. The van der Waals surface area contributed by atoms with E-state index >= 15 is 0 Å². The minimum Gasteiger partial charge on any atom is -0.497 e. The van der Waals surface area contributed by atoms with Crippen LogP contribution in [0.1, 0.15) is 24.1 Å². The van der Waals surface area contributed by atoms with Crippen molar-refractivity contribution in [2.24, 2.45) is 5.73 Å². The molecular formula is C16H19NO2. The molecule has 2 aromatic rings. The third-order valence-corrected chi connectivity index (χ3v) is 2.97. The van der Waals surface area contributed by atoms with Crippen LogP contribution in [0, 0.1) is 0 Å². The van der Waals surface area contributed by atoms with Gasteiger partial charge in [0.2, 0.25) is 0 Å². The maximum atomic E-state index is 5.80. The van der Waals surface area contributed by atoms with Crippen LogP contribution in [-0.4, -0.2) is 7.11 Å². The van der Waals surface area contributed by atoms with Crippen molar-refractivity contribution in [2.45, 2.75) is 19.6 Å². The lowest BCUT2D eigenvalue weighted by molar-refractivity contribution is 0.306. The van der Waals surface area contributed by atoms with Crippen molar-refractivity contribution in [1.82, 2.24) is 0 Å². The van der Waals surface area contributed by atoms with Crippen molar-refractivity contribution in [1.29, 1.82) is 0 Å². The van der Waals surface area contributed by atoms with Gasteiger partial charge in [-0.05, 0) is 42.3 Å². The van der Waals surface area contributed by atoms with E-state index in [2.05, 4.69) is 0 Å². The Morgan fingerprint density at radius 2 is 1.53 bits per heavy atom. The summed E-state index contributed by atoms with van der Waals surface area (Å²) in [7, 11) is 1.66. The Hall–Kier alpha value is -2.00. The molecule has 0 radical (unpaired) electrons. The molecule has 3 nitrogen and oxygen atoms in total. The number of hydrogen-bond acceptors (Lipinski definition) is 3. The molecule has 0 aromatic heterocycles. The molecule has 0 saturated carbocycles. The Balaban J connectivity index is 1.94. The molecule has 2 N–H and O–H groups in total. The zero-order chi connectivity index (χ0) is 13.7. The van der Waals surface area contributed by atoms with Crippen LogP contribution in [0.3, 0.4) is 0 Å². The molecule has 0 unspecified atom stereocenters. The predicted octanol–water partition coefficient (Wildman–Crippen LogP) is 3.29. The average molecular weight is 257 g/mol. The van der Waals surface area contributed by atoms with Crippen molar-refractivity contribution in [3.63, 3.8) is 0 Å². The minimum atomic E-state index is 0.0515. The van der Waals surface area contributed by atoms with Gasteiger partial charge < -0.3 is 15.2 Å². The van der Waals surface area contributed by atoms with Gasteiger partial charge in [0.05, 0.1) is 7.11 Å². The molecular weight excluding hydrogens is 238 g/mol. The normalized spacial score (nSPS) is 11.9. The van der Waals surface area contributed by atoms with Crippen LogP contribution in [0.25, 0.3) is 0 Å². The van der Waals surface area contributed by atoms with Gasteiger partial charge >= 0.3 is 0 Å². The molecule has 1 atom stereocenters. The van der Waals surface area contributed by atoms with Gasteiger partial charge in [-0.2, -0.15) is 0 Å². The number of benzene rings is 2. The number of ether oxygens (including phenoxy) is 2. The molecule has 0 aliphatic rings. The molecule has 0 bridgehead atoms. The van der Waals surface area contributed by atoms with Gasteiger partial charge in [0.15, 0.2) is 0 Å². The first kappa shape index (κ1) is 13.4. The summed E-state index contributed by atoms with van der Waals surface area (Å²) in [5, 5.41) is 0. The molecule has 0 spiro atoms. The lowest BCUT2D eigenvalue weighted by atomic mass is 10.1. The van der Waals surface area contributed by atoms with E-state index in [0.717, 1.165) is 22.6 Å². The van der Waals surface area contributed by atoms with E-state index in [1.54, 1.807) is 7.11 Å². The third-order valence-electron chi connectivity index (χ3n) is 2.97. The largest absolute Gasteiger partial charge is 0.497 e. The van der Waals surface area contributed by atoms with E-state index in [-0.39, 0.29) is 6.04 Å². The Morgan fingerprint density at radius 3 is 2.05 bits per heavy atom. The zero-order valence-electron chi connectivity index (χ0n) is 11.3. The molecule has 0 fully saturated rings. The summed E-state index contributed by atoms with van der Waals surface area (Å²) in [6, 6.07) is 15.8. The highest BCUT2D eigenvalue weighted by Crippen LogP contribution is 2.18. The van der Waals surface area contributed by atoms with Gasteiger partial charge in [-0.1, -0.05) is 24.3 Å². The molecule has 0 aliphatic carbocycles. The number of hydrogen-bond donors (Lipinski definition) is 1. The summed E-state index contributed by atoms with van der Waals surface area (Å²) < 4.78 is 10.8. The Kier molecular flexibility index (Phi) is 4.42. The minimum absolute atomic E-state index is 0.0515. The molecule has 2 aromatic carbocycles. The average Bonchev–Trinajstić information content (AvgIpc) is 2.46. The van der Waals surface area contributed by atoms with E-state index in [1.165, 1.54) is 0 Å². The van der Waals surface area contributed by atoms with Crippen molar-refractivity contribution in [3.05, 3.63) is 59.7 Å². The molecule has 0 saturated heterocycles. The molecule has 19 heavy (non-hydrogen) atoms. The molecule has 0 heterocycles. The van der Waals surface area contributed by atoms with Gasteiger partial charge in [0.1, 0.15) is 18.1 Å². The van der Waals surface area contributed by atoms with Gasteiger partial charge in [-0.25, -0.2) is 0 Å². The molecule has 2 rings (SSSR count). The van der Waals surface area contributed by atoms with E-state index in [0.29, 0.717) is 6.61 Å². The molecule has 100 valence electrons. The first-order chi connectivity index (χ1) is 9.19. The van der Waals surface area contributed by atoms with Gasteiger partial charge in [0, 0.05) is 6.04 Å². The highest BCUT2D eigenvalue weighted by atomic mass is 16.5. The van der Waals surface area contributed by atoms with Crippen molar-refractivity contribution >= 4 is 0 Å². The van der Waals surface area contributed by atoms with E-state index < -0.39 is 0 Å². The van der Waals surface area contributed by atoms with Crippen molar-refractivity contribution in [3.8, 4) is 11.5 Å². The van der Waals surface area contributed by atoms with Crippen LogP contribution in [0.5, 0.6) is 11.5 Å². The summed E-state index contributed by atoms with van der Waals surface area (Å²) in [5.41, 5.74) is 8.02. The molecule has 0 amide bonds. The summed E-state index contributed by atoms with van der Waals surface area (Å²) in [4.78, 5) is 0. The molecule has 3 heteroatoms. The van der Waals surface area contributed by atoms with Crippen molar-refractivity contribution < 1.29 is 9.47 Å². The second-order valence-corrected chi connectivity index (χ2v) is 4.49. The quantitative estimate of drug-likeness (QED) is 0.893. The highest BCUT2D eigenvalue weighted by molar-refractivity contribution is 5.30. The number of methoxy groups -OCH3 is 1. The lowest BCUT2D eigenvalue weighted by Crippen LogP contribution is -2.04. The topological polar surface area (TPSA) is 44.5 Å². The monoisotopic (exact) mass is 257 g/mol. The summed E-state index contributed by atoms with van der Waals surface area (Å²) in [6.45, 7) is 2.51. The maximum absolute atomic E-state index is 5.80. The van der Waals surface area contributed by atoms with Crippen molar-refractivity contribution in [2.75, 3.05) is 7.11 Å². The number of rotatable bonds is 5. The Bertz CT molecular complexity index is 503. The van der Waals surface area contributed by atoms with Crippen LogP contribution in [0.2, 0.25) is 0 Å². The summed E-state index contributed by atoms with van der Waals surface area (Å²) >= 11 is 0. The van der Waals surface area contributed by atoms with Crippen LogP contribution in [-0.2, 0) is 6.61 Å². The zero-order valence-corrected chi connectivity index (χ0v) is 11.3. The second-order valence-electron chi connectivity index (χ2n) is 4.49. The standard InChI is InChI=1S/C16H19NO2/c1-12(17)14-5-9-16(10-6-14)19-11-13-3-7-15(18-2)8-4-13/h3-10,12H,11,17H2,1-2H3/t12-/m1/s1. The van der Waals surface area contributed by atoms with Crippen LogP contribution < -0.4 is 15.2 Å². The van der Waals surface area contributed by atoms with Crippen LogP contribution >= 0.6 is 0 Å². The summed E-state index contributed by atoms with van der Waals surface area (Å²) in [5.74, 6) is 1.70. The van der Waals surface area contributed by atoms with E-state index in [9.17, 15) is 0 Å². The SMILES string of the molecule is COc1ccc(COc2ccc([C@@H](C)N)cc2)cc1. The second kappa shape index (κ2) is 6.25. The van der Waals surface area contributed by atoms with E-state index in [1.807, 2.05) is 55.5 Å². The Labute approximate surface area is 114 Å². The van der Waals surface area contributed by atoms with Gasteiger partial charge in [-0.15, -0.1) is 0 Å². The van der Waals surface area contributed by atoms with Crippen LogP contribution in [0.4, 0.5) is 0 Å². The first-order valence-electron chi connectivity index (χ1n) is 6.30. The fraction of sp³-hybridized carbons (Fsp3) is 0.250. The first-order valence-corrected chi connectivity index (χ1v) is 6.30. The maximum Gasteiger partial charge on any atom is 0.119 e. The van der Waals surface area contributed by atoms with Gasteiger partial charge in [-0.3, -0.25) is 0 Å². The highest BCUT2D eigenvalue weighted by Gasteiger charge is 2.00. The lowest BCUT2D eigenvalue weighted by Gasteiger charge is -2.09. The van der Waals surface area contributed by atoms with Crippen LogP contribution in [0.15, 0.2) is 48.5 Å². The smallest absolute Gasteiger partial charge is 0.119 e.